The Morgan fingerprint density at radius 2 is 1.80 bits per heavy atom. The first-order chi connectivity index (χ1) is 17.0. The Bertz CT molecular complexity index is 1190. The Hall–Kier alpha value is -3.16. The topological polar surface area (TPSA) is 76.5 Å². The number of aromatic nitrogens is 2. The molecule has 7 nitrogen and oxygen atoms in total. The summed E-state index contributed by atoms with van der Waals surface area (Å²) in [6.07, 6.45) is 2.90. The molecular formula is C27H29ClN4O3. The quantitative estimate of drug-likeness (QED) is 0.567. The molecule has 1 N–H and O–H groups in total. The average Bonchev–Trinajstić information content (AvgIpc) is 3.32. The molecule has 0 unspecified atom stereocenters. The van der Waals surface area contributed by atoms with E-state index in [2.05, 4.69) is 10.3 Å². The number of halogens is 1. The minimum Gasteiger partial charge on any atom is -0.365 e. The van der Waals surface area contributed by atoms with Gasteiger partial charge in [0, 0.05) is 24.0 Å². The fourth-order valence-electron chi connectivity index (χ4n) is 4.84. The van der Waals surface area contributed by atoms with E-state index in [1.54, 1.807) is 11.2 Å². The number of nitrogens with zero attached hydrogens (tertiary/aromatic N) is 3. The molecule has 2 atom stereocenters. The van der Waals surface area contributed by atoms with Crippen LogP contribution in [0.4, 0.5) is 0 Å². The van der Waals surface area contributed by atoms with E-state index in [1.165, 1.54) is 0 Å². The van der Waals surface area contributed by atoms with E-state index in [4.69, 9.17) is 16.3 Å². The minimum absolute atomic E-state index is 0.0443. The number of hydrogen-bond acceptors (Lipinski definition) is 4. The summed E-state index contributed by atoms with van der Waals surface area (Å²) in [5.74, 6) is -0.136. The summed E-state index contributed by atoms with van der Waals surface area (Å²) in [7, 11) is 0. The Labute approximate surface area is 210 Å². The number of nitrogens with one attached hydrogen (secondary N) is 1. The third-order valence-electron chi connectivity index (χ3n) is 6.99. The zero-order valence-corrected chi connectivity index (χ0v) is 20.4. The number of ether oxygens (including phenoxy) is 1. The van der Waals surface area contributed by atoms with Crippen LogP contribution in [0, 0.1) is 5.92 Å². The molecule has 35 heavy (non-hydrogen) atoms. The molecule has 1 saturated heterocycles. The number of benzene rings is 2. The van der Waals surface area contributed by atoms with Gasteiger partial charge < -0.3 is 19.5 Å². The first kappa shape index (κ1) is 23.6. The number of imidazole rings is 1. The zero-order chi connectivity index (χ0) is 24.4. The minimum atomic E-state index is -0.107. The number of rotatable bonds is 5. The van der Waals surface area contributed by atoms with Crippen LogP contribution in [0.1, 0.15) is 59.2 Å². The highest BCUT2D eigenvalue weighted by Crippen LogP contribution is 2.29. The summed E-state index contributed by atoms with van der Waals surface area (Å²) in [5, 5.41) is 3.80. The summed E-state index contributed by atoms with van der Waals surface area (Å²) in [4.78, 5) is 32.3. The first-order valence-corrected chi connectivity index (χ1v) is 12.4. The van der Waals surface area contributed by atoms with E-state index in [9.17, 15) is 9.59 Å². The number of carbonyl (C=O) groups excluding carboxylic acids is 2. The zero-order valence-electron chi connectivity index (χ0n) is 19.7. The monoisotopic (exact) mass is 492 g/mol. The Morgan fingerprint density at radius 1 is 1.09 bits per heavy atom. The second-order valence-corrected chi connectivity index (χ2v) is 9.69. The Kier molecular flexibility index (Phi) is 6.88. The number of likely N-dealkylation sites (tertiary alicyclic amines) is 1. The number of carbonyl (C=O) groups is 2. The van der Waals surface area contributed by atoms with Crippen LogP contribution in [0.15, 0.2) is 60.9 Å². The number of hydrogen-bond donors (Lipinski definition) is 1. The lowest BCUT2D eigenvalue weighted by Gasteiger charge is -2.32. The van der Waals surface area contributed by atoms with Crippen LogP contribution < -0.4 is 5.32 Å². The predicted octanol–water partition coefficient (Wildman–Crippen LogP) is 4.54. The molecule has 3 aromatic rings. The van der Waals surface area contributed by atoms with Crippen molar-refractivity contribution in [1.29, 1.82) is 0 Å². The van der Waals surface area contributed by atoms with Crippen LogP contribution in [0.25, 0.3) is 0 Å². The van der Waals surface area contributed by atoms with E-state index < -0.39 is 0 Å². The number of piperidine rings is 1. The van der Waals surface area contributed by atoms with Crippen molar-refractivity contribution in [1.82, 2.24) is 19.8 Å². The Morgan fingerprint density at radius 3 is 2.51 bits per heavy atom. The van der Waals surface area contributed by atoms with Gasteiger partial charge in [-0.15, -0.1) is 0 Å². The molecule has 1 aromatic heterocycles. The third-order valence-corrected chi connectivity index (χ3v) is 7.24. The van der Waals surface area contributed by atoms with Crippen molar-refractivity contribution in [2.24, 2.45) is 5.92 Å². The van der Waals surface area contributed by atoms with Gasteiger partial charge in [-0.2, -0.15) is 0 Å². The molecule has 8 heteroatoms. The maximum atomic E-state index is 13.2. The summed E-state index contributed by atoms with van der Waals surface area (Å²) in [6, 6.07) is 17.5. The summed E-state index contributed by atoms with van der Waals surface area (Å²) >= 11 is 6.00. The van der Waals surface area contributed by atoms with Crippen molar-refractivity contribution in [2.45, 2.75) is 45.1 Å². The molecule has 3 heterocycles. The van der Waals surface area contributed by atoms with Gasteiger partial charge in [0.2, 0.25) is 5.91 Å². The van der Waals surface area contributed by atoms with Gasteiger partial charge in [0.05, 0.1) is 31.2 Å². The lowest BCUT2D eigenvalue weighted by molar-refractivity contribution is -0.127. The van der Waals surface area contributed by atoms with Crippen LogP contribution >= 0.6 is 11.6 Å². The van der Waals surface area contributed by atoms with Crippen molar-refractivity contribution >= 4 is 23.4 Å². The first-order valence-electron chi connectivity index (χ1n) is 12.0. The van der Waals surface area contributed by atoms with Crippen molar-refractivity contribution in [3.8, 4) is 0 Å². The molecule has 0 saturated carbocycles. The van der Waals surface area contributed by atoms with Crippen molar-refractivity contribution in [3.63, 3.8) is 0 Å². The van der Waals surface area contributed by atoms with Crippen LogP contribution in [-0.4, -0.2) is 39.4 Å². The largest absolute Gasteiger partial charge is 0.365 e. The van der Waals surface area contributed by atoms with Crippen molar-refractivity contribution in [3.05, 3.63) is 88.5 Å². The van der Waals surface area contributed by atoms with Crippen LogP contribution in [-0.2, 0) is 22.7 Å². The molecule has 0 spiro atoms. The summed E-state index contributed by atoms with van der Waals surface area (Å²) in [5.41, 5.74) is 3.37. The molecule has 0 radical (unpaired) electrons. The SMILES string of the molecule is C[C@H](NC(=O)C1CCN(C(=O)c2ncn3c2CO[C@H](c2ccc(Cl)cc2)C3)CC1)c1ccccc1. The van der Waals surface area contributed by atoms with E-state index in [-0.39, 0.29) is 29.9 Å². The number of fused-ring (bicyclic) bond motifs is 1. The molecule has 2 aliphatic rings. The molecule has 2 aliphatic heterocycles. The van der Waals surface area contributed by atoms with Gasteiger partial charge in [-0.1, -0.05) is 54.1 Å². The van der Waals surface area contributed by atoms with E-state index in [1.807, 2.05) is 66.1 Å². The van der Waals surface area contributed by atoms with E-state index >= 15 is 0 Å². The smallest absolute Gasteiger partial charge is 0.274 e. The Balaban J connectivity index is 1.17. The van der Waals surface area contributed by atoms with Gasteiger partial charge in [-0.05, 0) is 43.0 Å². The van der Waals surface area contributed by atoms with E-state index in [0.717, 1.165) is 16.8 Å². The molecule has 0 bridgehead atoms. The molecule has 1 fully saturated rings. The van der Waals surface area contributed by atoms with E-state index in [0.29, 0.717) is 49.8 Å². The van der Waals surface area contributed by atoms with Crippen molar-refractivity contribution < 1.29 is 14.3 Å². The molecule has 2 amide bonds. The number of amides is 2. The summed E-state index contributed by atoms with van der Waals surface area (Å²) < 4.78 is 8.06. The fraction of sp³-hybridized carbons (Fsp3) is 0.370. The van der Waals surface area contributed by atoms with Gasteiger partial charge in [-0.25, -0.2) is 4.98 Å². The van der Waals surface area contributed by atoms with Gasteiger partial charge >= 0.3 is 0 Å². The van der Waals surface area contributed by atoms with Gasteiger partial charge in [0.15, 0.2) is 5.69 Å². The fourth-order valence-corrected chi connectivity index (χ4v) is 4.96. The highest BCUT2D eigenvalue weighted by Gasteiger charge is 2.32. The highest BCUT2D eigenvalue weighted by molar-refractivity contribution is 6.30. The maximum absolute atomic E-state index is 13.2. The molecule has 5 rings (SSSR count). The van der Waals surface area contributed by atoms with Crippen LogP contribution in [0.5, 0.6) is 0 Å². The van der Waals surface area contributed by atoms with Crippen LogP contribution in [0.2, 0.25) is 5.02 Å². The standard InChI is InChI=1S/C27H29ClN4O3/c1-18(19-5-3-2-4-6-19)30-26(33)21-11-13-31(14-12-21)27(34)25-23-16-35-24(15-32(23)17-29-25)20-7-9-22(28)10-8-20/h2-10,17-18,21,24H,11-16H2,1H3,(H,30,33)/t18-,24-/m0/s1. The van der Waals surface area contributed by atoms with Crippen LogP contribution in [0.3, 0.4) is 0 Å². The maximum Gasteiger partial charge on any atom is 0.274 e. The lowest BCUT2D eigenvalue weighted by Crippen LogP contribution is -2.43. The molecule has 2 aromatic carbocycles. The molecule has 182 valence electrons. The highest BCUT2D eigenvalue weighted by atomic mass is 35.5. The third kappa shape index (κ3) is 5.11. The van der Waals surface area contributed by atoms with Crippen molar-refractivity contribution in [2.75, 3.05) is 13.1 Å². The second-order valence-electron chi connectivity index (χ2n) is 9.25. The second kappa shape index (κ2) is 10.2. The average molecular weight is 493 g/mol. The van der Waals surface area contributed by atoms with Gasteiger partial charge in [0.1, 0.15) is 6.10 Å². The molecular weight excluding hydrogens is 464 g/mol. The predicted molar refractivity (Wildman–Crippen MR) is 133 cm³/mol. The van der Waals surface area contributed by atoms with Gasteiger partial charge in [-0.3, -0.25) is 9.59 Å². The summed E-state index contributed by atoms with van der Waals surface area (Å²) in [6.45, 7) is 3.99. The van der Waals surface area contributed by atoms with Gasteiger partial charge in [0.25, 0.3) is 5.91 Å². The lowest BCUT2D eigenvalue weighted by atomic mass is 9.95. The normalized spacial score (nSPS) is 19.1. The molecule has 0 aliphatic carbocycles.